The van der Waals surface area contributed by atoms with Gasteiger partial charge in [0.2, 0.25) is 0 Å². The highest BCUT2D eigenvalue weighted by atomic mass is 32.2. The molecule has 4 heterocycles. The van der Waals surface area contributed by atoms with Crippen LogP contribution < -0.4 is 0 Å². The second kappa shape index (κ2) is 6.36. The molecule has 3 aromatic rings. The van der Waals surface area contributed by atoms with Crippen molar-refractivity contribution in [3.05, 3.63) is 22.6 Å². The first-order valence-corrected chi connectivity index (χ1v) is 10.8. The van der Waals surface area contributed by atoms with Gasteiger partial charge in [0.05, 0.1) is 0 Å². The molecule has 0 bridgehead atoms. The predicted octanol–water partition coefficient (Wildman–Crippen LogP) is 4.29. The topological polar surface area (TPSA) is 56.5 Å². The summed E-state index contributed by atoms with van der Waals surface area (Å²) in [6.07, 6.45) is 10.0. The fraction of sp³-hybridized carbons (Fsp3) is 0.556. The van der Waals surface area contributed by atoms with Gasteiger partial charge in [-0.2, -0.15) is 0 Å². The zero-order chi connectivity index (χ0) is 16.8. The lowest BCUT2D eigenvalue weighted by Gasteiger charge is -2.18. The number of aryl methyl sites for hydroxylation is 2. The molecule has 0 N–H and O–H groups in total. The minimum Gasteiger partial charge on any atom is -0.306 e. The van der Waals surface area contributed by atoms with Crippen LogP contribution >= 0.6 is 23.1 Å². The van der Waals surface area contributed by atoms with Crippen molar-refractivity contribution >= 4 is 33.3 Å². The lowest BCUT2D eigenvalue weighted by molar-refractivity contribution is 0.509. The van der Waals surface area contributed by atoms with Crippen LogP contribution in [0, 0.1) is 5.92 Å². The molecule has 0 spiro atoms. The van der Waals surface area contributed by atoms with Crippen LogP contribution in [-0.2, 0) is 25.8 Å². The normalized spacial score (nSPS) is 20.3. The van der Waals surface area contributed by atoms with Gasteiger partial charge in [-0.25, -0.2) is 9.97 Å². The van der Waals surface area contributed by atoms with Gasteiger partial charge in [0.15, 0.2) is 5.16 Å². The highest BCUT2D eigenvalue weighted by Crippen LogP contribution is 2.41. The van der Waals surface area contributed by atoms with Crippen molar-refractivity contribution in [3.63, 3.8) is 0 Å². The van der Waals surface area contributed by atoms with Crippen molar-refractivity contribution in [1.82, 2.24) is 24.7 Å². The minimum atomic E-state index is 0.775. The molecular weight excluding hydrogens is 350 g/mol. The zero-order valence-corrected chi connectivity index (χ0v) is 16.0. The molecule has 0 radical (unpaired) electrons. The second-order valence-electron chi connectivity index (χ2n) is 7.17. The van der Waals surface area contributed by atoms with Gasteiger partial charge in [0.1, 0.15) is 22.0 Å². The van der Waals surface area contributed by atoms with Crippen LogP contribution in [0.2, 0.25) is 0 Å². The van der Waals surface area contributed by atoms with E-state index in [1.165, 1.54) is 47.9 Å². The molecule has 0 amide bonds. The highest BCUT2D eigenvalue weighted by molar-refractivity contribution is 7.99. The van der Waals surface area contributed by atoms with E-state index in [1.807, 2.05) is 11.3 Å². The average molecular weight is 372 g/mol. The molecule has 1 atom stereocenters. The molecule has 0 saturated carbocycles. The Labute approximate surface area is 155 Å². The van der Waals surface area contributed by atoms with Crippen molar-refractivity contribution in [2.45, 2.75) is 68.6 Å². The maximum atomic E-state index is 4.63. The van der Waals surface area contributed by atoms with Crippen LogP contribution in [0.5, 0.6) is 0 Å². The van der Waals surface area contributed by atoms with Crippen molar-refractivity contribution in [2.24, 2.45) is 5.92 Å². The third-order valence-corrected chi connectivity index (χ3v) is 7.47. The zero-order valence-electron chi connectivity index (χ0n) is 14.4. The van der Waals surface area contributed by atoms with Crippen molar-refractivity contribution in [2.75, 3.05) is 0 Å². The summed E-state index contributed by atoms with van der Waals surface area (Å²) < 4.78 is 2.30. The summed E-state index contributed by atoms with van der Waals surface area (Å²) >= 11 is 3.53. The Balaban J connectivity index is 1.57. The van der Waals surface area contributed by atoms with Crippen molar-refractivity contribution in [1.29, 1.82) is 0 Å². The lowest BCUT2D eigenvalue weighted by Crippen LogP contribution is -2.08. The second-order valence-corrected chi connectivity index (χ2v) is 9.21. The molecule has 1 aliphatic carbocycles. The van der Waals surface area contributed by atoms with Crippen LogP contribution in [0.3, 0.4) is 0 Å². The Morgan fingerprint density at radius 1 is 1.16 bits per heavy atom. The summed E-state index contributed by atoms with van der Waals surface area (Å²) in [5, 5.41) is 12.2. The lowest BCUT2D eigenvalue weighted by atomic mass is 9.89. The molecule has 0 saturated heterocycles. The molecule has 0 unspecified atom stereocenters. The molecule has 25 heavy (non-hydrogen) atoms. The van der Waals surface area contributed by atoms with E-state index in [0.29, 0.717) is 0 Å². The quantitative estimate of drug-likeness (QED) is 0.629. The summed E-state index contributed by atoms with van der Waals surface area (Å²) in [5.41, 5.74) is 1.48. The molecule has 7 heteroatoms. The number of aromatic nitrogens is 5. The summed E-state index contributed by atoms with van der Waals surface area (Å²) in [7, 11) is 0. The fourth-order valence-corrected chi connectivity index (χ4v) is 6.34. The van der Waals surface area contributed by atoms with Gasteiger partial charge in [-0.3, -0.25) is 0 Å². The fourth-order valence-electron chi connectivity index (χ4n) is 3.94. The summed E-state index contributed by atoms with van der Waals surface area (Å²) in [4.78, 5) is 11.8. The molecule has 130 valence electrons. The summed E-state index contributed by atoms with van der Waals surface area (Å²) in [6, 6.07) is 0. The van der Waals surface area contributed by atoms with E-state index in [1.54, 1.807) is 18.1 Å². The van der Waals surface area contributed by atoms with E-state index < -0.39 is 0 Å². The average Bonchev–Trinajstić information content (AvgIpc) is 3.07. The van der Waals surface area contributed by atoms with Gasteiger partial charge in [-0.15, -0.1) is 21.5 Å². The van der Waals surface area contributed by atoms with Crippen LogP contribution in [-0.4, -0.2) is 24.7 Å². The third kappa shape index (κ3) is 2.77. The molecule has 0 fully saturated rings. The Bertz CT molecular complexity index is 929. The number of nitrogens with zero attached hydrogens (tertiary/aromatic N) is 5. The number of hydrogen-bond acceptors (Lipinski definition) is 6. The molecular formula is C18H21N5S2. The molecule has 0 aromatic carbocycles. The van der Waals surface area contributed by atoms with E-state index >= 15 is 0 Å². The third-order valence-electron chi connectivity index (χ3n) is 5.32. The van der Waals surface area contributed by atoms with Crippen LogP contribution in [0.4, 0.5) is 0 Å². The molecule has 5 nitrogen and oxygen atoms in total. The van der Waals surface area contributed by atoms with E-state index in [9.17, 15) is 0 Å². The summed E-state index contributed by atoms with van der Waals surface area (Å²) in [6.45, 7) is 3.37. The number of rotatable bonds is 2. The Morgan fingerprint density at radius 2 is 2.12 bits per heavy atom. The van der Waals surface area contributed by atoms with Gasteiger partial charge in [-0.1, -0.05) is 13.3 Å². The van der Waals surface area contributed by atoms with Gasteiger partial charge in [0, 0.05) is 23.2 Å². The Morgan fingerprint density at radius 3 is 3.08 bits per heavy atom. The number of hydrogen-bond donors (Lipinski definition) is 0. The Kier molecular flexibility index (Phi) is 4.01. The first-order valence-electron chi connectivity index (χ1n) is 9.15. The standard InChI is InChI=1S/C18H21N5S2/c1-11-6-7-12-13(9-11)24-16-15(12)17(20-10-19-16)25-18-22-21-14-5-3-2-4-8-23(14)18/h10-11H,2-9H2,1H3/t11-/m1/s1. The first kappa shape index (κ1) is 15.8. The molecule has 5 rings (SSSR count). The SMILES string of the molecule is C[C@@H]1CCc2c(sc3ncnc(Sc4nnc5n4CCCCC5)c23)C1. The smallest absolute Gasteiger partial charge is 0.197 e. The number of fused-ring (bicyclic) bond motifs is 4. The van der Waals surface area contributed by atoms with Crippen molar-refractivity contribution in [3.8, 4) is 0 Å². The minimum absolute atomic E-state index is 0.775. The van der Waals surface area contributed by atoms with E-state index in [0.717, 1.165) is 46.1 Å². The highest BCUT2D eigenvalue weighted by Gasteiger charge is 2.24. The van der Waals surface area contributed by atoms with Crippen molar-refractivity contribution < 1.29 is 0 Å². The van der Waals surface area contributed by atoms with E-state index in [4.69, 9.17) is 0 Å². The molecule has 2 aliphatic rings. The largest absolute Gasteiger partial charge is 0.306 e. The van der Waals surface area contributed by atoms with E-state index in [-0.39, 0.29) is 0 Å². The van der Waals surface area contributed by atoms with Crippen LogP contribution in [0.25, 0.3) is 10.2 Å². The van der Waals surface area contributed by atoms with Crippen LogP contribution in [0.15, 0.2) is 16.5 Å². The van der Waals surface area contributed by atoms with Gasteiger partial charge in [-0.05, 0) is 55.3 Å². The molecule has 1 aliphatic heterocycles. The number of thiophene rings is 1. The maximum absolute atomic E-state index is 4.63. The van der Waals surface area contributed by atoms with Gasteiger partial charge < -0.3 is 4.57 Å². The van der Waals surface area contributed by atoms with Gasteiger partial charge in [0.25, 0.3) is 0 Å². The maximum Gasteiger partial charge on any atom is 0.197 e. The predicted molar refractivity (Wildman–Crippen MR) is 100 cm³/mol. The monoisotopic (exact) mass is 371 g/mol. The Hall–Kier alpha value is -1.47. The van der Waals surface area contributed by atoms with Crippen LogP contribution in [0.1, 0.15) is 48.9 Å². The van der Waals surface area contributed by atoms with E-state index in [2.05, 4.69) is 31.7 Å². The summed E-state index contributed by atoms with van der Waals surface area (Å²) in [5.74, 6) is 1.91. The molecule has 3 aromatic heterocycles. The first-order chi connectivity index (χ1) is 12.3. The van der Waals surface area contributed by atoms with Gasteiger partial charge >= 0.3 is 0 Å².